The van der Waals surface area contributed by atoms with Crippen molar-refractivity contribution in [1.29, 1.82) is 0 Å². The summed E-state index contributed by atoms with van der Waals surface area (Å²) in [6, 6.07) is 3.56. The molecule has 8 heteroatoms. The monoisotopic (exact) mass is 282 g/mol. The lowest BCUT2D eigenvalue weighted by Crippen LogP contribution is -2.15. The molecule has 0 unspecified atom stereocenters. The van der Waals surface area contributed by atoms with Crippen LogP contribution in [0.1, 0.15) is 22.2 Å². The van der Waals surface area contributed by atoms with Crippen LogP contribution in [0.4, 0.5) is 10.1 Å². The Balaban J connectivity index is 2.18. The maximum Gasteiger partial charge on any atom is 0.277 e. The summed E-state index contributed by atoms with van der Waals surface area (Å²) in [5.41, 5.74) is 0.195. The molecule has 98 valence electrons. The number of benzene rings is 1. The van der Waals surface area contributed by atoms with Gasteiger partial charge < -0.3 is 5.32 Å². The van der Waals surface area contributed by atoms with E-state index in [0.717, 1.165) is 23.1 Å². The molecule has 1 aromatic carbocycles. The summed E-state index contributed by atoms with van der Waals surface area (Å²) < 4.78 is 12.8. The van der Waals surface area contributed by atoms with E-state index < -0.39 is 17.6 Å². The summed E-state index contributed by atoms with van der Waals surface area (Å²) in [7, 11) is 0. The van der Waals surface area contributed by atoms with Crippen molar-refractivity contribution < 1.29 is 14.0 Å². The van der Waals surface area contributed by atoms with E-state index in [9.17, 15) is 14.0 Å². The van der Waals surface area contributed by atoms with Crippen LogP contribution in [-0.2, 0) is 0 Å². The Bertz CT molecular complexity index is 656. The molecule has 0 aliphatic carbocycles. The molecular formula is C11H8ClFN4O2. The highest BCUT2D eigenvalue weighted by atomic mass is 35.5. The molecule has 0 radical (unpaired) electrons. The molecule has 1 amide bonds. The molecule has 0 spiro atoms. The Labute approximate surface area is 112 Å². The zero-order valence-corrected chi connectivity index (χ0v) is 10.5. The van der Waals surface area contributed by atoms with E-state index in [1.54, 1.807) is 0 Å². The Kier molecular flexibility index (Phi) is 3.57. The second kappa shape index (κ2) is 5.15. The third kappa shape index (κ3) is 2.94. The molecular weight excluding hydrogens is 275 g/mol. The van der Waals surface area contributed by atoms with Crippen molar-refractivity contribution in [2.24, 2.45) is 0 Å². The number of hydrogen-bond donors (Lipinski definition) is 1. The first-order valence-corrected chi connectivity index (χ1v) is 5.55. The Hall–Kier alpha value is -2.28. The number of anilines is 1. The lowest BCUT2D eigenvalue weighted by molar-refractivity contribution is 0.0902. The van der Waals surface area contributed by atoms with E-state index >= 15 is 0 Å². The average molecular weight is 283 g/mol. The van der Waals surface area contributed by atoms with Crippen molar-refractivity contribution in [2.45, 2.75) is 6.92 Å². The van der Waals surface area contributed by atoms with Crippen molar-refractivity contribution in [3.8, 4) is 0 Å². The summed E-state index contributed by atoms with van der Waals surface area (Å²) in [6.45, 7) is 1.26. The van der Waals surface area contributed by atoms with Crippen LogP contribution in [0, 0.1) is 5.82 Å². The van der Waals surface area contributed by atoms with Crippen LogP contribution in [0.15, 0.2) is 24.4 Å². The minimum Gasteiger partial charge on any atom is -0.319 e. The Morgan fingerprint density at radius 3 is 2.74 bits per heavy atom. The zero-order valence-electron chi connectivity index (χ0n) is 9.72. The molecule has 1 N–H and O–H groups in total. The number of hydrogen-bond acceptors (Lipinski definition) is 4. The van der Waals surface area contributed by atoms with Gasteiger partial charge in [0.05, 0.1) is 16.9 Å². The van der Waals surface area contributed by atoms with E-state index in [-0.39, 0.29) is 16.4 Å². The third-order valence-corrected chi connectivity index (χ3v) is 2.50. The van der Waals surface area contributed by atoms with Crippen molar-refractivity contribution in [1.82, 2.24) is 15.0 Å². The van der Waals surface area contributed by atoms with E-state index in [2.05, 4.69) is 15.5 Å². The molecule has 19 heavy (non-hydrogen) atoms. The summed E-state index contributed by atoms with van der Waals surface area (Å²) in [4.78, 5) is 23.6. The Morgan fingerprint density at radius 2 is 2.16 bits per heavy atom. The van der Waals surface area contributed by atoms with Crippen LogP contribution in [0.2, 0.25) is 5.02 Å². The van der Waals surface area contributed by atoms with Gasteiger partial charge in [-0.15, -0.1) is 9.90 Å². The maximum absolute atomic E-state index is 12.8. The number of nitrogens with one attached hydrogen (secondary N) is 1. The molecule has 0 aliphatic rings. The number of amides is 1. The van der Waals surface area contributed by atoms with Gasteiger partial charge in [-0.05, 0) is 18.2 Å². The fourth-order valence-corrected chi connectivity index (χ4v) is 1.51. The lowest BCUT2D eigenvalue weighted by Gasteiger charge is -2.04. The quantitative estimate of drug-likeness (QED) is 0.914. The van der Waals surface area contributed by atoms with Crippen LogP contribution < -0.4 is 5.32 Å². The van der Waals surface area contributed by atoms with Gasteiger partial charge in [0.15, 0.2) is 5.69 Å². The topological polar surface area (TPSA) is 76.9 Å². The molecule has 2 aromatic rings. The SMILES string of the molecule is CC(=O)n1ncc(C(=O)Nc2ccc(F)cc2Cl)n1. The predicted octanol–water partition coefficient (Wildman–Crippen LogP) is 1.98. The molecule has 0 atom stereocenters. The fraction of sp³-hybridized carbons (Fsp3) is 0.0909. The van der Waals surface area contributed by atoms with Gasteiger partial charge in [-0.3, -0.25) is 9.59 Å². The molecule has 0 fully saturated rings. The molecule has 0 bridgehead atoms. The van der Waals surface area contributed by atoms with Gasteiger partial charge in [-0.1, -0.05) is 11.6 Å². The largest absolute Gasteiger partial charge is 0.319 e. The summed E-state index contributed by atoms with van der Waals surface area (Å²) in [6.07, 6.45) is 1.15. The molecule has 6 nitrogen and oxygen atoms in total. The van der Waals surface area contributed by atoms with Crippen molar-refractivity contribution in [2.75, 3.05) is 5.32 Å². The zero-order chi connectivity index (χ0) is 14.0. The highest BCUT2D eigenvalue weighted by Gasteiger charge is 2.14. The maximum atomic E-state index is 12.8. The van der Waals surface area contributed by atoms with E-state index in [0.29, 0.717) is 0 Å². The second-order valence-electron chi connectivity index (χ2n) is 3.62. The summed E-state index contributed by atoms with van der Waals surface area (Å²) in [5.74, 6) is -1.52. The van der Waals surface area contributed by atoms with Gasteiger partial charge in [0.2, 0.25) is 0 Å². The number of halogens is 2. The number of rotatable bonds is 2. The minimum atomic E-state index is -0.596. The first kappa shape index (κ1) is 13.2. The predicted molar refractivity (Wildman–Crippen MR) is 65.7 cm³/mol. The number of nitrogens with zero attached hydrogens (tertiary/aromatic N) is 3. The van der Waals surface area contributed by atoms with Gasteiger partial charge in [-0.25, -0.2) is 4.39 Å². The lowest BCUT2D eigenvalue weighted by atomic mass is 10.3. The van der Waals surface area contributed by atoms with Gasteiger partial charge in [-0.2, -0.15) is 5.10 Å². The van der Waals surface area contributed by atoms with Gasteiger partial charge in [0, 0.05) is 6.92 Å². The van der Waals surface area contributed by atoms with Crippen LogP contribution in [0.3, 0.4) is 0 Å². The molecule has 2 rings (SSSR count). The van der Waals surface area contributed by atoms with Gasteiger partial charge in [0.1, 0.15) is 5.82 Å². The first-order chi connectivity index (χ1) is 8.97. The molecule has 0 aliphatic heterocycles. The van der Waals surface area contributed by atoms with Crippen LogP contribution >= 0.6 is 11.6 Å². The number of carbonyl (C=O) groups is 2. The first-order valence-electron chi connectivity index (χ1n) is 5.17. The highest BCUT2D eigenvalue weighted by Crippen LogP contribution is 2.22. The van der Waals surface area contributed by atoms with Gasteiger partial charge >= 0.3 is 0 Å². The summed E-state index contributed by atoms with van der Waals surface area (Å²) >= 11 is 5.77. The smallest absolute Gasteiger partial charge is 0.277 e. The van der Waals surface area contributed by atoms with Gasteiger partial charge in [0.25, 0.3) is 11.8 Å². The van der Waals surface area contributed by atoms with E-state index in [1.807, 2.05) is 0 Å². The van der Waals surface area contributed by atoms with E-state index in [4.69, 9.17) is 11.6 Å². The number of carbonyl (C=O) groups excluding carboxylic acids is 2. The standard InChI is InChI=1S/C11H8ClFN4O2/c1-6(18)17-14-5-10(16-17)11(19)15-9-3-2-7(13)4-8(9)12/h2-5H,1H3,(H,15,19). The fourth-order valence-electron chi connectivity index (χ4n) is 1.30. The average Bonchev–Trinajstić information content (AvgIpc) is 2.82. The van der Waals surface area contributed by atoms with Crippen molar-refractivity contribution in [3.63, 3.8) is 0 Å². The van der Waals surface area contributed by atoms with Crippen LogP contribution in [-0.4, -0.2) is 26.8 Å². The van der Waals surface area contributed by atoms with Crippen LogP contribution in [0.5, 0.6) is 0 Å². The number of aromatic nitrogens is 3. The normalized spacial score (nSPS) is 10.3. The molecule has 0 saturated heterocycles. The molecule has 1 aromatic heterocycles. The van der Waals surface area contributed by atoms with E-state index in [1.165, 1.54) is 13.0 Å². The summed E-state index contributed by atoms with van der Waals surface area (Å²) in [5, 5.41) is 9.80. The second-order valence-corrected chi connectivity index (χ2v) is 4.02. The van der Waals surface area contributed by atoms with Crippen LogP contribution in [0.25, 0.3) is 0 Å². The highest BCUT2D eigenvalue weighted by molar-refractivity contribution is 6.33. The van der Waals surface area contributed by atoms with Crippen molar-refractivity contribution >= 4 is 29.1 Å². The third-order valence-electron chi connectivity index (χ3n) is 2.19. The minimum absolute atomic E-state index is 0.0457. The molecule has 0 saturated carbocycles. The van der Waals surface area contributed by atoms with Crippen molar-refractivity contribution in [3.05, 3.63) is 40.9 Å². The molecule has 1 heterocycles. The Morgan fingerprint density at radius 1 is 1.42 bits per heavy atom.